The average Bonchev–Trinajstić information content (AvgIpc) is 2.67. The summed E-state index contributed by atoms with van der Waals surface area (Å²) < 4.78 is 0. The minimum Gasteiger partial charge on any atom is -1.00 e. The van der Waals surface area contributed by atoms with Crippen LogP contribution in [0.5, 0.6) is 0 Å². The standard InChI is InChI=1S/2C7H9.2BrH.Ti/c2*1-6-4-3-5-7(6)2;;;/h2*3-5H,1-2H3;2*1H;/q2*-1;;;+4/p-2. The number of rotatable bonds is 0. The molecule has 92 valence electrons. The third-order valence-electron chi connectivity index (χ3n) is 2.63. The van der Waals surface area contributed by atoms with Crippen LogP contribution in [0.25, 0.3) is 0 Å². The molecule has 2 aromatic rings. The zero-order chi connectivity index (χ0) is 10.6. The van der Waals surface area contributed by atoms with Crippen molar-refractivity contribution in [3.05, 3.63) is 58.7 Å². The van der Waals surface area contributed by atoms with Gasteiger partial charge in [-0.1, -0.05) is 27.7 Å². The first-order valence-corrected chi connectivity index (χ1v) is 4.99. The van der Waals surface area contributed by atoms with E-state index in [9.17, 15) is 0 Å². The van der Waals surface area contributed by atoms with Crippen LogP contribution in [-0.4, -0.2) is 0 Å². The molecular weight excluding hydrogens is 376 g/mol. The van der Waals surface area contributed by atoms with Gasteiger partial charge in [-0.25, -0.2) is 24.3 Å². The Morgan fingerprint density at radius 2 is 1.06 bits per heavy atom. The van der Waals surface area contributed by atoms with Crippen molar-refractivity contribution in [1.29, 1.82) is 0 Å². The Morgan fingerprint density at radius 3 is 1.12 bits per heavy atom. The van der Waals surface area contributed by atoms with Gasteiger partial charge in [0.1, 0.15) is 0 Å². The van der Waals surface area contributed by atoms with Crippen LogP contribution >= 0.6 is 0 Å². The minimum absolute atomic E-state index is 0. The van der Waals surface area contributed by atoms with E-state index in [2.05, 4.69) is 64.1 Å². The van der Waals surface area contributed by atoms with Gasteiger partial charge in [-0.05, 0) is 0 Å². The molecule has 0 unspecified atom stereocenters. The van der Waals surface area contributed by atoms with Crippen molar-refractivity contribution in [2.45, 2.75) is 27.7 Å². The molecule has 0 saturated carbocycles. The largest absolute Gasteiger partial charge is 4.00 e. The molecule has 0 saturated heterocycles. The van der Waals surface area contributed by atoms with Gasteiger partial charge >= 0.3 is 21.7 Å². The molecule has 0 atom stereocenters. The minimum atomic E-state index is 0. The Bertz CT molecular complexity index is 317. The van der Waals surface area contributed by atoms with E-state index in [4.69, 9.17) is 0 Å². The maximum absolute atomic E-state index is 2.12. The van der Waals surface area contributed by atoms with Crippen molar-refractivity contribution in [2.24, 2.45) is 0 Å². The SMILES string of the molecule is Cc1ccc[c-]1C.Cc1ccc[c-]1C.[Br-].[Br-].[Ti+4]. The van der Waals surface area contributed by atoms with Crippen molar-refractivity contribution >= 4 is 0 Å². The monoisotopic (exact) mass is 392 g/mol. The molecule has 0 N–H and O–H groups in total. The predicted molar refractivity (Wildman–Crippen MR) is 63.0 cm³/mol. The van der Waals surface area contributed by atoms with Gasteiger partial charge in [-0.15, -0.1) is 0 Å². The van der Waals surface area contributed by atoms with E-state index in [1.54, 1.807) is 0 Å². The van der Waals surface area contributed by atoms with E-state index in [-0.39, 0.29) is 55.7 Å². The van der Waals surface area contributed by atoms with Gasteiger partial charge in [0.05, 0.1) is 0 Å². The van der Waals surface area contributed by atoms with E-state index in [0.717, 1.165) is 0 Å². The fourth-order valence-electron chi connectivity index (χ4n) is 1.20. The van der Waals surface area contributed by atoms with Gasteiger partial charge in [0.15, 0.2) is 0 Å². The third kappa shape index (κ3) is 8.15. The van der Waals surface area contributed by atoms with Crippen molar-refractivity contribution in [3.63, 3.8) is 0 Å². The van der Waals surface area contributed by atoms with Crippen LogP contribution in [0.1, 0.15) is 22.3 Å². The molecule has 2 aromatic carbocycles. The molecule has 17 heavy (non-hydrogen) atoms. The van der Waals surface area contributed by atoms with Gasteiger partial charge in [-0.2, -0.15) is 34.4 Å². The summed E-state index contributed by atoms with van der Waals surface area (Å²) in [6, 6.07) is 12.6. The maximum atomic E-state index is 2.12. The molecule has 0 spiro atoms. The summed E-state index contributed by atoms with van der Waals surface area (Å²) in [6.45, 7) is 8.48. The second-order valence-corrected chi connectivity index (χ2v) is 3.78. The number of hydrogen-bond acceptors (Lipinski definition) is 0. The fraction of sp³-hybridized carbons (Fsp3) is 0.286. The zero-order valence-corrected chi connectivity index (χ0v) is 15.5. The number of halogens is 2. The van der Waals surface area contributed by atoms with Crippen LogP contribution in [0.2, 0.25) is 0 Å². The summed E-state index contributed by atoms with van der Waals surface area (Å²) >= 11 is 0. The van der Waals surface area contributed by atoms with Gasteiger partial charge in [0, 0.05) is 0 Å². The second kappa shape index (κ2) is 11.5. The Kier molecular flexibility index (Phi) is 15.2. The first kappa shape index (κ1) is 22.5. The van der Waals surface area contributed by atoms with E-state index >= 15 is 0 Å². The molecule has 0 fully saturated rings. The summed E-state index contributed by atoms with van der Waals surface area (Å²) in [5.74, 6) is 0. The van der Waals surface area contributed by atoms with Gasteiger partial charge in [-0.3, -0.25) is 0 Å². The van der Waals surface area contributed by atoms with Crippen LogP contribution in [0.3, 0.4) is 0 Å². The van der Waals surface area contributed by atoms with Crippen LogP contribution in [0.15, 0.2) is 36.4 Å². The predicted octanol–water partition coefficient (Wildman–Crippen LogP) is -1.95. The first-order chi connectivity index (χ1) is 6.61. The van der Waals surface area contributed by atoms with Crippen molar-refractivity contribution < 1.29 is 55.7 Å². The summed E-state index contributed by atoms with van der Waals surface area (Å²) in [4.78, 5) is 0. The quantitative estimate of drug-likeness (QED) is 0.360. The molecule has 3 heteroatoms. The maximum Gasteiger partial charge on any atom is 4.00 e. The Labute approximate surface area is 141 Å². The van der Waals surface area contributed by atoms with Crippen LogP contribution in [0.4, 0.5) is 0 Å². The topological polar surface area (TPSA) is 0 Å². The second-order valence-electron chi connectivity index (χ2n) is 3.78. The first-order valence-electron chi connectivity index (χ1n) is 4.99. The van der Waals surface area contributed by atoms with Crippen molar-refractivity contribution in [3.8, 4) is 0 Å². The summed E-state index contributed by atoms with van der Waals surface area (Å²) in [5.41, 5.74) is 5.56. The van der Waals surface area contributed by atoms with E-state index in [0.29, 0.717) is 0 Å². The Morgan fingerprint density at radius 1 is 0.765 bits per heavy atom. The summed E-state index contributed by atoms with van der Waals surface area (Å²) in [5, 5.41) is 0. The fourth-order valence-corrected chi connectivity index (χ4v) is 1.20. The van der Waals surface area contributed by atoms with Crippen LogP contribution in [-0.2, 0) is 21.7 Å². The van der Waals surface area contributed by atoms with E-state index in [1.165, 1.54) is 22.3 Å². The Hall–Kier alpha value is 0.374. The molecule has 0 amide bonds. The average molecular weight is 394 g/mol. The van der Waals surface area contributed by atoms with Crippen molar-refractivity contribution in [2.75, 3.05) is 0 Å². The smallest absolute Gasteiger partial charge is 1.00 e. The zero-order valence-electron chi connectivity index (χ0n) is 10.7. The molecule has 2 rings (SSSR count). The normalized spacial score (nSPS) is 7.76. The molecule has 0 bridgehead atoms. The molecule has 0 aliphatic rings. The molecule has 0 heterocycles. The molecule has 0 aromatic heterocycles. The third-order valence-corrected chi connectivity index (χ3v) is 2.63. The van der Waals surface area contributed by atoms with E-state index < -0.39 is 0 Å². The summed E-state index contributed by atoms with van der Waals surface area (Å²) in [6.07, 6.45) is 0. The molecule has 0 aliphatic heterocycles. The van der Waals surface area contributed by atoms with Crippen LogP contribution < -0.4 is 34.0 Å². The molecular formula is C14H18Br2Ti. The van der Waals surface area contributed by atoms with Gasteiger partial charge in [0.2, 0.25) is 0 Å². The van der Waals surface area contributed by atoms with E-state index in [1.807, 2.05) is 0 Å². The van der Waals surface area contributed by atoms with Gasteiger partial charge in [0.25, 0.3) is 0 Å². The Balaban J connectivity index is -0.000000196. The summed E-state index contributed by atoms with van der Waals surface area (Å²) in [7, 11) is 0. The number of hydrogen-bond donors (Lipinski definition) is 0. The van der Waals surface area contributed by atoms with Crippen molar-refractivity contribution in [1.82, 2.24) is 0 Å². The molecule has 0 aliphatic carbocycles. The van der Waals surface area contributed by atoms with Crippen LogP contribution in [0, 0.1) is 27.7 Å². The molecule has 0 radical (unpaired) electrons. The van der Waals surface area contributed by atoms with Gasteiger partial charge < -0.3 is 34.0 Å². The number of aryl methyl sites for hydroxylation is 4. The molecule has 0 nitrogen and oxygen atoms in total.